The minimum absolute atomic E-state index is 0.0605. The van der Waals surface area contributed by atoms with Crippen molar-refractivity contribution in [2.75, 3.05) is 40.8 Å². The molecule has 56 heavy (non-hydrogen) atoms. The average Bonchev–Trinajstić information content (AvgIpc) is 4.01. The fourth-order valence-electron chi connectivity index (χ4n) is 10.0. The predicted molar refractivity (Wildman–Crippen MR) is 192 cm³/mol. The zero-order valence-electron chi connectivity index (χ0n) is 30.4. The molecule has 0 saturated carbocycles. The van der Waals surface area contributed by atoms with Crippen LogP contribution in [0.15, 0.2) is 71.8 Å². The molecule has 286 valence electrons. The van der Waals surface area contributed by atoms with Gasteiger partial charge in [0.1, 0.15) is 0 Å². The maximum Gasteiger partial charge on any atom is 0.339 e. The lowest BCUT2D eigenvalue weighted by molar-refractivity contribution is -0.0461. The molecule has 0 radical (unpaired) electrons. The Balaban J connectivity index is 0.862. The number of carbonyl (C=O) groups is 4. The smallest absolute Gasteiger partial charge is 0.339 e. The summed E-state index contributed by atoms with van der Waals surface area (Å²) in [5, 5.41) is 0. The zero-order chi connectivity index (χ0) is 38.0. The van der Waals surface area contributed by atoms with E-state index in [0.29, 0.717) is 34.1 Å². The first-order chi connectivity index (χ1) is 27.2. The molecule has 8 aliphatic rings. The summed E-state index contributed by atoms with van der Waals surface area (Å²) in [7, 11) is 4.06. The number of fused-ring (bicyclic) bond motifs is 12. The Morgan fingerprint density at radius 2 is 1.05 bits per heavy atom. The maximum absolute atomic E-state index is 13.9. The van der Waals surface area contributed by atoms with Crippen molar-refractivity contribution in [1.82, 2.24) is 9.80 Å². The lowest BCUT2D eigenvalue weighted by Gasteiger charge is -2.44. The second kappa shape index (κ2) is 12.3. The van der Waals surface area contributed by atoms with Crippen molar-refractivity contribution in [3.05, 3.63) is 105 Å². The number of nitrogens with zero attached hydrogens (tertiary/aromatic N) is 2. The predicted octanol–water partition coefficient (Wildman–Crippen LogP) is 4.13. The van der Waals surface area contributed by atoms with Gasteiger partial charge in [0, 0.05) is 37.0 Å². The highest BCUT2D eigenvalue weighted by Crippen LogP contribution is 2.51. The summed E-state index contributed by atoms with van der Waals surface area (Å²) in [6.45, 7) is 1.73. The second-order valence-electron chi connectivity index (χ2n) is 15.5. The van der Waals surface area contributed by atoms with Crippen molar-refractivity contribution < 1.29 is 57.1 Å². The molecule has 6 aliphatic heterocycles. The van der Waals surface area contributed by atoms with Crippen LogP contribution in [0.4, 0.5) is 0 Å². The molecule has 0 spiro atoms. The van der Waals surface area contributed by atoms with Crippen molar-refractivity contribution in [3.8, 4) is 23.0 Å². The van der Waals surface area contributed by atoms with Gasteiger partial charge in [0.25, 0.3) is 0 Å². The van der Waals surface area contributed by atoms with Crippen molar-refractivity contribution >= 4 is 23.9 Å². The standard InChI is InChI=1S/C42H36N2O12/c1-43-8-6-19-11-31(37-33(35(19)43)23-13-27-29(51-17-49-27)15-25(23)41(47)55-37)53-39(45)21-4-3-5-22(10-21)40(46)54-32-12-20-7-9-44(2)36(20)34-24-14-28-30(52-18-50-28)16-26(24)42(48)56-38(32)34/h3-5,10-16,31-38H,6-9,17-18H2,1-2H3/t31-,32-,33-,34-,35+,36+,37+,38+/m0/s1. The summed E-state index contributed by atoms with van der Waals surface area (Å²) in [5.41, 5.74) is 4.77. The lowest BCUT2D eigenvalue weighted by Crippen LogP contribution is -2.52. The summed E-state index contributed by atoms with van der Waals surface area (Å²) >= 11 is 0. The molecule has 0 bridgehead atoms. The van der Waals surface area contributed by atoms with Crippen LogP contribution in [0.2, 0.25) is 0 Å². The fraction of sp³-hybridized carbons (Fsp3) is 0.381. The molecule has 3 aromatic rings. The topological polar surface area (TPSA) is 149 Å². The highest BCUT2D eigenvalue weighted by Gasteiger charge is 2.54. The van der Waals surface area contributed by atoms with E-state index < -0.39 is 48.3 Å². The molecule has 2 fully saturated rings. The van der Waals surface area contributed by atoms with E-state index in [2.05, 4.69) is 9.80 Å². The molecule has 3 aromatic carbocycles. The molecule has 11 rings (SSSR count). The molecule has 14 heteroatoms. The highest BCUT2D eigenvalue weighted by molar-refractivity contribution is 5.97. The molecule has 14 nitrogen and oxygen atoms in total. The van der Waals surface area contributed by atoms with E-state index in [4.69, 9.17) is 37.9 Å². The number of likely N-dealkylation sites (tertiary alicyclic amines) is 2. The summed E-state index contributed by atoms with van der Waals surface area (Å²) < 4.78 is 46.7. The highest BCUT2D eigenvalue weighted by atomic mass is 16.7. The fourth-order valence-corrected chi connectivity index (χ4v) is 10.0. The van der Waals surface area contributed by atoms with Crippen LogP contribution in [0.5, 0.6) is 23.0 Å². The van der Waals surface area contributed by atoms with Crippen LogP contribution in [0.1, 0.15) is 77.2 Å². The molecule has 2 aliphatic carbocycles. The molecule has 0 amide bonds. The summed E-state index contributed by atoms with van der Waals surface area (Å²) in [4.78, 5) is 59.0. The number of esters is 4. The number of hydrogen-bond acceptors (Lipinski definition) is 14. The van der Waals surface area contributed by atoms with Crippen LogP contribution < -0.4 is 18.9 Å². The van der Waals surface area contributed by atoms with Gasteiger partial charge in [0.15, 0.2) is 47.4 Å². The van der Waals surface area contributed by atoms with E-state index in [1.807, 2.05) is 38.4 Å². The van der Waals surface area contributed by atoms with Gasteiger partial charge in [-0.05, 0) is 92.7 Å². The van der Waals surface area contributed by atoms with Crippen LogP contribution in [0.3, 0.4) is 0 Å². The van der Waals surface area contributed by atoms with Gasteiger partial charge in [-0.15, -0.1) is 0 Å². The van der Waals surface area contributed by atoms with E-state index in [1.165, 1.54) is 6.07 Å². The molecular formula is C42H36N2O12. The minimum Gasteiger partial charge on any atom is -0.454 e. The Labute approximate surface area is 320 Å². The molecule has 8 atom stereocenters. The van der Waals surface area contributed by atoms with E-state index in [9.17, 15) is 19.2 Å². The van der Waals surface area contributed by atoms with Gasteiger partial charge >= 0.3 is 23.9 Å². The third kappa shape index (κ3) is 5.01. The van der Waals surface area contributed by atoms with Crippen LogP contribution >= 0.6 is 0 Å². The molecule has 0 N–H and O–H groups in total. The maximum atomic E-state index is 13.9. The first-order valence-electron chi connectivity index (χ1n) is 18.8. The SMILES string of the molecule is CN1CCC2=C[C@H](OC(=O)c3cccc(C(=O)O[C@H]4C=C5CCN(C)[C@H]5[C@@H]5c6cc7c(cc6C(=O)O[C@@H]54)OCO7)c3)[C@H]3OC(=O)c4cc5c(cc4[C@H]3[C@@H]21)OCO5. The minimum atomic E-state index is -0.881. The monoisotopic (exact) mass is 760 g/mol. The number of hydrogen-bond donors (Lipinski definition) is 0. The number of likely N-dealkylation sites (N-methyl/N-ethyl adjacent to an activating group) is 2. The first kappa shape index (κ1) is 33.5. The van der Waals surface area contributed by atoms with Crippen LogP contribution in [0, 0.1) is 0 Å². The Kier molecular flexibility index (Phi) is 7.37. The van der Waals surface area contributed by atoms with Crippen molar-refractivity contribution in [2.24, 2.45) is 0 Å². The Hall–Kier alpha value is -5.86. The molecule has 0 unspecified atom stereocenters. The van der Waals surface area contributed by atoms with Gasteiger partial charge in [0.2, 0.25) is 13.6 Å². The summed E-state index contributed by atoms with van der Waals surface area (Å²) in [5.74, 6) is -0.994. The molecule has 6 heterocycles. The van der Waals surface area contributed by atoms with E-state index in [0.717, 1.165) is 48.2 Å². The summed E-state index contributed by atoms with van der Waals surface area (Å²) in [6, 6.07) is 13.0. The van der Waals surface area contributed by atoms with Gasteiger partial charge in [-0.2, -0.15) is 0 Å². The third-order valence-corrected chi connectivity index (χ3v) is 12.6. The quantitative estimate of drug-likeness (QED) is 0.213. The Morgan fingerprint density at radius 1 is 0.625 bits per heavy atom. The molecular weight excluding hydrogens is 724 g/mol. The second-order valence-corrected chi connectivity index (χ2v) is 15.5. The van der Waals surface area contributed by atoms with E-state index >= 15 is 0 Å². The Bertz CT molecular complexity index is 2180. The van der Waals surface area contributed by atoms with Crippen LogP contribution in [-0.4, -0.2) is 111 Å². The van der Waals surface area contributed by atoms with Gasteiger partial charge in [-0.25, -0.2) is 19.2 Å². The van der Waals surface area contributed by atoms with E-state index in [1.54, 1.807) is 30.3 Å². The molecule has 2 saturated heterocycles. The zero-order valence-corrected chi connectivity index (χ0v) is 30.4. The van der Waals surface area contributed by atoms with Gasteiger partial charge in [0.05, 0.1) is 22.3 Å². The number of carbonyl (C=O) groups excluding carboxylic acids is 4. The Morgan fingerprint density at radius 3 is 1.50 bits per heavy atom. The van der Waals surface area contributed by atoms with Crippen LogP contribution in [0.25, 0.3) is 0 Å². The average molecular weight is 761 g/mol. The lowest BCUT2D eigenvalue weighted by atomic mass is 9.73. The number of benzene rings is 3. The van der Waals surface area contributed by atoms with Crippen molar-refractivity contribution in [1.29, 1.82) is 0 Å². The number of ether oxygens (including phenoxy) is 8. The number of rotatable bonds is 4. The summed E-state index contributed by atoms with van der Waals surface area (Å²) in [6.07, 6.45) is 1.99. The van der Waals surface area contributed by atoms with Crippen molar-refractivity contribution in [2.45, 2.75) is 61.2 Å². The van der Waals surface area contributed by atoms with Crippen molar-refractivity contribution in [3.63, 3.8) is 0 Å². The first-order valence-corrected chi connectivity index (χ1v) is 18.8. The third-order valence-electron chi connectivity index (χ3n) is 12.6. The normalized spacial score (nSPS) is 30.3. The van der Waals surface area contributed by atoms with Crippen LogP contribution in [-0.2, 0) is 18.9 Å². The van der Waals surface area contributed by atoms with Gasteiger partial charge in [-0.3, -0.25) is 9.80 Å². The van der Waals surface area contributed by atoms with E-state index in [-0.39, 0.29) is 48.6 Å². The largest absolute Gasteiger partial charge is 0.454 e. The molecule has 0 aromatic heterocycles. The van der Waals surface area contributed by atoms with Gasteiger partial charge < -0.3 is 37.9 Å². The van der Waals surface area contributed by atoms with Gasteiger partial charge in [-0.1, -0.05) is 17.2 Å².